The smallest absolute Gasteiger partial charge is 0.417 e. The number of ether oxygens (including phenoxy) is 1. The topological polar surface area (TPSA) is 93.9 Å². The molecule has 0 aromatic heterocycles. The number of piperidine rings is 1. The lowest BCUT2D eigenvalue weighted by Gasteiger charge is -2.40. The first-order chi connectivity index (χ1) is 18.0. The van der Waals surface area contributed by atoms with Gasteiger partial charge in [-0.2, -0.15) is 13.2 Å². The third kappa shape index (κ3) is 5.14. The van der Waals surface area contributed by atoms with E-state index in [1.807, 2.05) is 4.90 Å². The molecule has 2 bridgehead atoms. The van der Waals surface area contributed by atoms with Crippen molar-refractivity contribution in [3.8, 4) is 0 Å². The number of aliphatic hydroxyl groups is 1. The van der Waals surface area contributed by atoms with Gasteiger partial charge in [-0.3, -0.25) is 5.41 Å². The predicted molar refractivity (Wildman–Crippen MR) is 132 cm³/mol. The molecule has 2 saturated heterocycles. The fourth-order valence-electron chi connectivity index (χ4n) is 5.70. The number of hydrogen-bond donors (Lipinski definition) is 3. The minimum absolute atomic E-state index is 0.0428. The van der Waals surface area contributed by atoms with Gasteiger partial charge < -0.3 is 19.8 Å². The van der Waals surface area contributed by atoms with Crippen molar-refractivity contribution in [2.75, 3.05) is 11.5 Å². The van der Waals surface area contributed by atoms with Gasteiger partial charge in [0.2, 0.25) is 0 Å². The van der Waals surface area contributed by atoms with Crippen LogP contribution in [0.3, 0.4) is 0 Å². The molecule has 3 N–H and O–H groups in total. The summed E-state index contributed by atoms with van der Waals surface area (Å²) in [6, 6.07) is 8.65. The van der Waals surface area contributed by atoms with Gasteiger partial charge in [-0.25, -0.2) is 9.18 Å². The van der Waals surface area contributed by atoms with Crippen LogP contribution in [0.1, 0.15) is 60.0 Å². The molecule has 10 heteroatoms. The van der Waals surface area contributed by atoms with Crippen LogP contribution in [0.25, 0.3) is 0 Å². The van der Waals surface area contributed by atoms with Crippen molar-refractivity contribution in [1.29, 1.82) is 5.41 Å². The highest BCUT2D eigenvalue weighted by atomic mass is 19.4. The number of halogens is 4. The summed E-state index contributed by atoms with van der Waals surface area (Å²) in [6.45, 7) is -0.195. The number of nitrogens with one attached hydrogen (secondary N) is 1. The van der Waals surface area contributed by atoms with Crippen LogP contribution >= 0.6 is 0 Å². The molecule has 1 saturated carbocycles. The lowest BCUT2D eigenvalue weighted by Crippen LogP contribution is -2.46. The molecule has 2 aliphatic heterocycles. The van der Waals surface area contributed by atoms with Crippen LogP contribution in [-0.4, -0.2) is 46.7 Å². The van der Waals surface area contributed by atoms with Gasteiger partial charge in [0.05, 0.1) is 35.2 Å². The van der Waals surface area contributed by atoms with Gasteiger partial charge in [-0.1, -0.05) is 18.2 Å². The summed E-state index contributed by atoms with van der Waals surface area (Å²) in [6.07, 6.45) is -0.825. The molecule has 2 heterocycles. The highest BCUT2D eigenvalue weighted by Gasteiger charge is 2.43. The van der Waals surface area contributed by atoms with E-state index in [9.17, 15) is 27.5 Å². The molecule has 202 valence electrons. The zero-order valence-corrected chi connectivity index (χ0v) is 20.5. The number of alkyl halides is 3. The Kier molecular flexibility index (Phi) is 6.94. The average molecular weight is 533 g/mol. The number of anilines is 1. The Morgan fingerprint density at radius 1 is 1.03 bits per heavy atom. The number of rotatable bonds is 8. The zero-order chi connectivity index (χ0) is 27.2. The van der Waals surface area contributed by atoms with E-state index >= 15 is 0 Å². The molecule has 38 heavy (non-hydrogen) atoms. The van der Waals surface area contributed by atoms with Crippen LogP contribution in [0.15, 0.2) is 53.8 Å². The van der Waals surface area contributed by atoms with E-state index in [2.05, 4.69) is 0 Å². The molecule has 3 atom stereocenters. The predicted octanol–water partition coefficient (Wildman–Crippen LogP) is 6.35. The van der Waals surface area contributed by atoms with E-state index in [0.717, 1.165) is 25.0 Å². The Morgan fingerprint density at radius 3 is 2.26 bits per heavy atom. The van der Waals surface area contributed by atoms with Gasteiger partial charge in [0.25, 0.3) is 0 Å². The number of carboxylic acid groups (broad SMARTS) is 1. The van der Waals surface area contributed by atoms with Crippen molar-refractivity contribution in [2.45, 2.75) is 62.9 Å². The maximum absolute atomic E-state index is 14.8. The second-order valence-electron chi connectivity index (χ2n) is 10.2. The van der Waals surface area contributed by atoms with Gasteiger partial charge in [0, 0.05) is 29.1 Å². The van der Waals surface area contributed by atoms with Gasteiger partial charge in [-0.05, 0) is 62.8 Å². The van der Waals surface area contributed by atoms with Gasteiger partial charge in [-0.15, -0.1) is 0 Å². The zero-order valence-electron chi connectivity index (χ0n) is 20.5. The number of carboxylic acids is 1. The third-order valence-corrected chi connectivity index (χ3v) is 7.70. The second-order valence-corrected chi connectivity index (χ2v) is 10.2. The van der Waals surface area contributed by atoms with E-state index in [1.54, 1.807) is 0 Å². The maximum Gasteiger partial charge on any atom is 0.417 e. The normalized spacial score (nSPS) is 23.8. The van der Waals surface area contributed by atoms with Crippen molar-refractivity contribution in [3.63, 3.8) is 0 Å². The van der Waals surface area contributed by atoms with E-state index in [1.165, 1.54) is 30.3 Å². The number of aromatic carboxylic acids is 1. The first-order valence-corrected chi connectivity index (χ1v) is 12.6. The summed E-state index contributed by atoms with van der Waals surface area (Å²) in [7, 11) is 0. The molecule has 3 fully saturated rings. The SMILES string of the molecule is N=C(/C(COC1CC2CC[C@@H](C1)N2c1ccc(C(=O)O)cc1F)=C(\O)C1CC1)c1ccccc1C(F)(F)F. The minimum Gasteiger partial charge on any atom is -0.512 e. The number of benzene rings is 2. The van der Waals surface area contributed by atoms with E-state index in [0.29, 0.717) is 31.4 Å². The lowest BCUT2D eigenvalue weighted by atomic mass is 9.95. The highest BCUT2D eigenvalue weighted by Crippen LogP contribution is 2.42. The highest BCUT2D eigenvalue weighted by molar-refractivity contribution is 6.12. The van der Waals surface area contributed by atoms with Crippen molar-refractivity contribution < 1.29 is 37.3 Å². The number of fused-ring (bicyclic) bond motifs is 2. The first-order valence-electron chi connectivity index (χ1n) is 12.6. The van der Waals surface area contributed by atoms with Crippen LogP contribution in [-0.2, 0) is 10.9 Å². The van der Waals surface area contributed by atoms with Crippen molar-refractivity contribution in [2.24, 2.45) is 5.92 Å². The number of hydrogen-bond acceptors (Lipinski definition) is 5. The number of nitrogens with zero attached hydrogens (tertiary/aromatic N) is 1. The van der Waals surface area contributed by atoms with Gasteiger partial charge >= 0.3 is 12.1 Å². The summed E-state index contributed by atoms with van der Waals surface area (Å²) in [4.78, 5) is 13.1. The molecule has 1 aliphatic carbocycles. The molecule has 0 radical (unpaired) electrons. The molecular weight excluding hydrogens is 504 g/mol. The monoisotopic (exact) mass is 532 g/mol. The molecular formula is C28H28F4N2O4. The molecule has 2 unspecified atom stereocenters. The number of allylic oxidation sites excluding steroid dienone is 1. The number of carbonyl (C=O) groups is 1. The summed E-state index contributed by atoms with van der Waals surface area (Å²) in [5.74, 6) is -2.07. The van der Waals surface area contributed by atoms with Gasteiger partial charge in [0.15, 0.2) is 0 Å². The van der Waals surface area contributed by atoms with E-state index < -0.39 is 29.2 Å². The van der Waals surface area contributed by atoms with Crippen molar-refractivity contribution in [1.82, 2.24) is 0 Å². The third-order valence-electron chi connectivity index (χ3n) is 7.70. The van der Waals surface area contributed by atoms with E-state index in [-0.39, 0.29) is 53.2 Å². The fraction of sp³-hybridized carbons (Fsp3) is 0.429. The molecule has 0 amide bonds. The molecule has 2 aromatic carbocycles. The largest absolute Gasteiger partial charge is 0.512 e. The summed E-state index contributed by atoms with van der Waals surface area (Å²) in [5, 5.41) is 28.5. The Balaban J connectivity index is 1.32. The fourth-order valence-corrected chi connectivity index (χ4v) is 5.70. The van der Waals surface area contributed by atoms with Gasteiger partial charge in [0.1, 0.15) is 11.6 Å². The number of aliphatic hydroxyl groups excluding tert-OH is 1. The molecule has 6 nitrogen and oxygen atoms in total. The molecule has 5 rings (SSSR count). The van der Waals surface area contributed by atoms with Crippen LogP contribution in [0, 0.1) is 17.1 Å². The second kappa shape index (κ2) is 10.1. The molecule has 2 aromatic rings. The Labute approximate surface area is 217 Å². The lowest BCUT2D eigenvalue weighted by molar-refractivity contribution is -0.137. The van der Waals surface area contributed by atoms with Crippen LogP contribution in [0.5, 0.6) is 0 Å². The van der Waals surface area contributed by atoms with Crippen LogP contribution in [0.4, 0.5) is 23.2 Å². The summed E-state index contributed by atoms with van der Waals surface area (Å²) >= 11 is 0. The Bertz CT molecular complexity index is 1270. The average Bonchev–Trinajstić information content (AvgIpc) is 3.69. The molecule has 3 aliphatic rings. The summed E-state index contributed by atoms with van der Waals surface area (Å²) < 4.78 is 61.7. The van der Waals surface area contributed by atoms with Crippen molar-refractivity contribution in [3.05, 3.63) is 76.3 Å². The molecule has 0 spiro atoms. The van der Waals surface area contributed by atoms with Crippen molar-refractivity contribution >= 4 is 17.4 Å². The maximum atomic E-state index is 14.8. The van der Waals surface area contributed by atoms with Crippen LogP contribution < -0.4 is 4.90 Å². The quantitative estimate of drug-likeness (QED) is 0.209. The van der Waals surface area contributed by atoms with Crippen LogP contribution in [0.2, 0.25) is 0 Å². The first kappa shape index (κ1) is 26.2. The minimum atomic E-state index is -4.64. The summed E-state index contributed by atoms with van der Waals surface area (Å²) in [5.41, 5.74) is -1.36. The van der Waals surface area contributed by atoms with E-state index in [4.69, 9.17) is 15.3 Å². The standard InChI is InChI=1S/C28H28F4N2O4/c29-23-11-16(27(36)37)7-10-24(23)34-17-8-9-18(34)13-19(12-17)38-14-21(26(35)15-5-6-15)25(33)20-3-1-2-4-22(20)28(30,31)32/h1-4,7,10-11,15,17-19,33,35H,5-6,8-9,12-14H2,(H,36,37)/b26-21-,33-25?/t17-,18?,19?/m0/s1. The Hall–Kier alpha value is -3.40. The Morgan fingerprint density at radius 2 is 1.68 bits per heavy atom.